The normalized spacial score (nSPS) is 16.7. The summed E-state index contributed by atoms with van der Waals surface area (Å²) in [5, 5.41) is 10.3. The number of aromatic nitrogens is 3. The molecule has 1 aliphatic rings. The van der Waals surface area contributed by atoms with E-state index in [4.69, 9.17) is 11.6 Å². The lowest BCUT2D eigenvalue weighted by Gasteiger charge is -2.22. The molecule has 2 aromatic rings. The number of halogens is 1. The van der Waals surface area contributed by atoms with Crippen LogP contribution in [0.15, 0.2) is 24.3 Å². The van der Waals surface area contributed by atoms with Gasteiger partial charge in [-0.25, -0.2) is 4.68 Å². The molecule has 1 aromatic carbocycles. The molecule has 0 unspecified atom stereocenters. The smallest absolute Gasteiger partial charge is 0.249 e. The Labute approximate surface area is 144 Å². The first-order valence-electron chi connectivity index (χ1n) is 7.74. The lowest BCUT2D eigenvalue weighted by atomic mass is 10.1. The van der Waals surface area contributed by atoms with E-state index in [0.29, 0.717) is 34.8 Å². The number of nitrogens with one attached hydrogen (secondary N) is 2. The van der Waals surface area contributed by atoms with Crippen molar-refractivity contribution < 1.29 is 9.59 Å². The van der Waals surface area contributed by atoms with Crippen molar-refractivity contribution in [2.75, 3.05) is 10.6 Å². The van der Waals surface area contributed by atoms with Crippen molar-refractivity contribution in [3.8, 4) is 0 Å². The first-order chi connectivity index (χ1) is 11.4. The zero-order chi connectivity index (χ0) is 17.3. The lowest BCUT2D eigenvalue weighted by Crippen LogP contribution is -2.36. The zero-order valence-electron chi connectivity index (χ0n) is 13.4. The molecular weight excluding hydrogens is 330 g/mol. The van der Waals surface area contributed by atoms with Gasteiger partial charge in [0.05, 0.1) is 6.42 Å². The van der Waals surface area contributed by atoms with Crippen LogP contribution >= 0.6 is 11.6 Å². The van der Waals surface area contributed by atoms with Gasteiger partial charge in [-0.2, -0.15) is 10.1 Å². The fourth-order valence-corrected chi connectivity index (χ4v) is 2.75. The number of rotatable bonds is 4. The summed E-state index contributed by atoms with van der Waals surface area (Å²) in [6, 6.07) is 6.11. The highest BCUT2D eigenvalue weighted by Crippen LogP contribution is 2.25. The molecule has 2 amide bonds. The van der Waals surface area contributed by atoms with Gasteiger partial charge in [-0.1, -0.05) is 31.5 Å². The molecule has 7 nitrogen and oxygen atoms in total. The fourth-order valence-electron chi connectivity index (χ4n) is 2.56. The maximum Gasteiger partial charge on any atom is 0.249 e. The maximum absolute atomic E-state index is 12.6. The Morgan fingerprint density at radius 2 is 2.29 bits per heavy atom. The molecule has 0 aliphatic carbocycles. The van der Waals surface area contributed by atoms with Gasteiger partial charge in [0.25, 0.3) is 0 Å². The van der Waals surface area contributed by atoms with Crippen LogP contribution in [-0.4, -0.2) is 26.6 Å². The Morgan fingerprint density at radius 3 is 3.00 bits per heavy atom. The average molecular weight is 348 g/mol. The number of carbonyl (C=O) groups excluding carboxylic acids is 2. The predicted octanol–water partition coefficient (Wildman–Crippen LogP) is 2.65. The number of fused-ring (bicyclic) bond motifs is 1. The predicted molar refractivity (Wildman–Crippen MR) is 90.9 cm³/mol. The summed E-state index contributed by atoms with van der Waals surface area (Å²) >= 11 is 5.93. The summed E-state index contributed by atoms with van der Waals surface area (Å²) in [5.74, 6) is 0.728. The Morgan fingerprint density at radius 1 is 1.50 bits per heavy atom. The molecule has 1 atom stereocenters. The molecule has 0 fully saturated rings. The van der Waals surface area contributed by atoms with Crippen molar-refractivity contribution in [3.05, 3.63) is 35.1 Å². The summed E-state index contributed by atoms with van der Waals surface area (Å²) in [7, 11) is 0. The van der Waals surface area contributed by atoms with Gasteiger partial charge < -0.3 is 5.32 Å². The van der Waals surface area contributed by atoms with E-state index in [2.05, 4.69) is 34.6 Å². The number of nitrogens with zero attached hydrogens (tertiary/aromatic N) is 3. The molecule has 1 aliphatic heterocycles. The minimum Gasteiger partial charge on any atom is -0.324 e. The first-order valence-corrected chi connectivity index (χ1v) is 8.12. The topological polar surface area (TPSA) is 88.9 Å². The Balaban J connectivity index is 1.84. The van der Waals surface area contributed by atoms with E-state index in [1.54, 1.807) is 24.3 Å². The summed E-state index contributed by atoms with van der Waals surface area (Å²) in [6.45, 7) is 4.11. The van der Waals surface area contributed by atoms with Gasteiger partial charge in [-0.05, 0) is 24.1 Å². The summed E-state index contributed by atoms with van der Waals surface area (Å²) in [6.07, 6.45) is 0.697. The Bertz CT molecular complexity index is 787. The van der Waals surface area contributed by atoms with Crippen molar-refractivity contribution in [2.24, 2.45) is 5.92 Å². The molecule has 1 aromatic heterocycles. The molecule has 3 rings (SSSR count). The molecule has 126 valence electrons. The molecule has 0 saturated carbocycles. The number of anilines is 2. The number of carbonyl (C=O) groups is 2. The van der Waals surface area contributed by atoms with E-state index in [9.17, 15) is 9.59 Å². The van der Waals surface area contributed by atoms with Gasteiger partial charge in [0, 0.05) is 17.1 Å². The van der Waals surface area contributed by atoms with Crippen LogP contribution in [0.5, 0.6) is 0 Å². The molecule has 0 spiro atoms. The number of hydrogen-bond acceptors (Lipinski definition) is 4. The van der Waals surface area contributed by atoms with E-state index in [-0.39, 0.29) is 18.2 Å². The van der Waals surface area contributed by atoms with E-state index in [1.165, 1.54) is 4.68 Å². The van der Waals surface area contributed by atoms with Gasteiger partial charge in [0.2, 0.25) is 17.8 Å². The van der Waals surface area contributed by atoms with Crippen molar-refractivity contribution >= 4 is 35.1 Å². The van der Waals surface area contributed by atoms with E-state index in [1.807, 2.05) is 0 Å². The van der Waals surface area contributed by atoms with Crippen LogP contribution in [0.25, 0.3) is 0 Å². The first kappa shape index (κ1) is 16.4. The SMILES string of the molecule is CC(C)Cc1nc2n(n1)[C@@H](C(=O)Nc1cccc(Cl)c1)CC(=O)N2. The monoisotopic (exact) mass is 347 g/mol. The second-order valence-electron chi connectivity index (χ2n) is 6.16. The van der Waals surface area contributed by atoms with Crippen LogP contribution in [0.4, 0.5) is 11.6 Å². The third kappa shape index (κ3) is 3.56. The molecule has 2 N–H and O–H groups in total. The molecule has 0 radical (unpaired) electrons. The fraction of sp³-hybridized carbons (Fsp3) is 0.375. The van der Waals surface area contributed by atoms with Crippen LogP contribution < -0.4 is 10.6 Å². The van der Waals surface area contributed by atoms with Gasteiger partial charge in [0.1, 0.15) is 6.04 Å². The number of amides is 2. The summed E-state index contributed by atoms with van der Waals surface area (Å²) in [4.78, 5) is 28.8. The highest BCUT2D eigenvalue weighted by atomic mass is 35.5. The van der Waals surface area contributed by atoms with Crippen molar-refractivity contribution in [2.45, 2.75) is 32.7 Å². The van der Waals surface area contributed by atoms with Gasteiger partial charge in [0.15, 0.2) is 5.82 Å². The molecule has 0 saturated heterocycles. The van der Waals surface area contributed by atoms with Crippen molar-refractivity contribution in [3.63, 3.8) is 0 Å². The minimum absolute atomic E-state index is 0.0177. The van der Waals surface area contributed by atoms with Crippen LogP contribution in [0.2, 0.25) is 5.02 Å². The highest BCUT2D eigenvalue weighted by Gasteiger charge is 2.33. The van der Waals surface area contributed by atoms with Crippen molar-refractivity contribution in [1.82, 2.24) is 14.8 Å². The van der Waals surface area contributed by atoms with Crippen LogP contribution in [-0.2, 0) is 16.0 Å². The van der Waals surface area contributed by atoms with E-state index in [0.717, 1.165) is 0 Å². The van der Waals surface area contributed by atoms with Crippen LogP contribution in [0.1, 0.15) is 32.1 Å². The molecule has 24 heavy (non-hydrogen) atoms. The molecule has 0 bridgehead atoms. The van der Waals surface area contributed by atoms with Crippen molar-refractivity contribution in [1.29, 1.82) is 0 Å². The quantitative estimate of drug-likeness (QED) is 0.889. The van der Waals surface area contributed by atoms with Gasteiger partial charge >= 0.3 is 0 Å². The minimum atomic E-state index is -0.735. The molecule has 8 heteroatoms. The third-order valence-electron chi connectivity index (χ3n) is 3.59. The average Bonchev–Trinajstić information content (AvgIpc) is 2.87. The van der Waals surface area contributed by atoms with Gasteiger partial charge in [-0.15, -0.1) is 0 Å². The number of benzene rings is 1. The molecule has 2 heterocycles. The Hall–Kier alpha value is -2.41. The molecular formula is C16H18ClN5O2. The zero-order valence-corrected chi connectivity index (χ0v) is 14.2. The maximum atomic E-state index is 12.6. The second kappa shape index (κ2) is 6.60. The highest BCUT2D eigenvalue weighted by molar-refractivity contribution is 6.30. The van der Waals surface area contributed by atoms with Crippen LogP contribution in [0, 0.1) is 5.92 Å². The van der Waals surface area contributed by atoms with E-state index < -0.39 is 6.04 Å². The second-order valence-corrected chi connectivity index (χ2v) is 6.60. The largest absolute Gasteiger partial charge is 0.324 e. The third-order valence-corrected chi connectivity index (χ3v) is 3.82. The Kier molecular flexibility index (Phi) is 4.53. The van der Waals surface area contributed by atoms with E-state index >= 15 is 0 Å². The standard InChI is InChI=1S/C16H18ClN5O2/c1-9(2)6-13-19-16-20-14(23)8-12(22(16)21-13)15(24)18-11-5-3-4-10(17)7-11/h3-5,7,9,12H,6,8H2,1-2H3,(H,18,24)(H,19,20,21,23)/t12-/m1/s1. The number of hydrogen-bond donors (Lipinski definition) is 2. The summed E-state index contributed by atoms with van der Waals surface area (Å²) in [5.41, 5.74) is 0.572. The van der Waals surface area contributed by atoms with Crippen LogP contribution in [0.3, 0.4) is 0 Å². The van der Waals surface area contributed by atoms with Gasteiger partial charge in [-0.3, -0.25) is 14.9 Å². The lowest BCUT2D eigenvalue weighted by molar-refractivity contribution is -0.125. The summed E-state index contributed by atoms with van der Waals surface area (Å²) < 4.78 is 1.49.